The van der Waals surface area contributed by atoms with Gasteiger partial charge < -0.3 is 9.84 Å². The summed E-state index contributed by atoms with van der Waals surface area (Å²) in [5.41, 5.74) is 1.94. The lowest BCUT2D eigenvalue weighted by molar-refractivity contribution is -0.136. The summed E-state index contributed by atoms with van der Waals surface area (Å²) in [6, 6.07) is 13.1. The largest absolute Gasteiger partial charge is 0.496 e. The Bertz CT molecular complexity index is 655. The summed E-state index contributed by atoms with van der Waals surface area (Å²) in [4.78, 5) is 12.5. The first-order chi connectivity index (χ1) is 10.5. The van der Waals surface area contributed by atoms with E-state index in [0.717, 1.165) is 16.0 Å². The SMILES string of the molecule is COc1ccc(Cl)cc1CC(Sc1ccc(C)cc1)C(=O)O. The van der Waals surface area contributed by atoms with Crippen LogP contribution < -0.4 is 4.74 Å². The van der Waals surface area contributed by atoms with Crippen molar-refractivity contribution in [3.05, 3.63) is 58.6 Å². The van der Waals surface area contributed by atoms with Crippen molar-refractivity contribution >= 4 is 29.3 Å². The van der Waals surface area contributed by atoms with Crippen molar-refractivity contribution in [2.45, 2.75) is 23.5 Å². The molecule has 0 aromatic heterocycles. The van der Waals surface area contributed by atoms with E-state index in [4.69, 9.17) is 16.3 Å². The Morgan fingerprint density at radius 3 is 2.55 bits per heavy atom. The number of benzene rings is 2. The van der Waals surface area contributed by atoms with Gasteiger partial charge in [0.2, 0.25) is 0 Å². The first kappa shape index (κ1) is 16.7. The molecule has 2 rings (SSSR count). The van der Waals surface area contributed by atoms with Crippen molar-refractivity contribution in [2.75, 3.05) is 7.11 Å². The van der Waals surface area contributed by atoms with Crippen molar-refractivity contribution in [2.24, 2.45) is 0 Å². The molecule has 2 aromatic rings. The minimum atomic E-state index is -0.854. The number of rotatable bonds is 6. The van der Waals surface area contributed by atoms with Crippen molar-refractivity contribution in [3.63, 3.8) is 0 Å². The summed E-state index contributed by atoms with van der Waals surface area (Å²) in [5, 5.41) is 9.46. The number of hydrogen-bond donors (Lipinski definition) is 1. The van der Waals surface area contributed by atoms with Crippen LogP contribution in [0.15, 0.2) is 47.4 Å². The minimum Gasteiger partial charge on any atom is -0.496 e. The van der Waals surface area contributed by atoms with E-state index in [1.54, 1.807) is 25.3 Å². The van der Waals surface area contributed by atoms with Crippen LogP contribution in [-0.2, 0) is 11.2 Å². The fourth-order valence-electron chi connectivity index (χ4n) is 2.07. The molecule has 0 spiro atoms. The molecule has 0 aliphatic carbocycles. The van der Waals surface area contributed by atoms with Gasteiger partial charge in [0, 0.05) is 9.92 Å². The Labute approximate surface area is 139 Å². The maximum atomic E-state index is 11.6. The normalized spacial score (nSPS) is 12.0. The van der Waals surface area contributed by atoms with Gasteiger partial charge in [-0.1, -0.05) is 29.3 Å². The van der Waals surface area contributed by atoms with Crippen LogP contribution in [-0.4, -0.2) is 23.4 Å². The van der Waals surface area contributed by atoms with Gasteiger partial charge in [0.1, 0.15) is 11.0 Å². The van der Waals surface area contributed by atoms with Gasteiger partial charge in [-0.15, -0.1) is 11.8 Å². The molecule has 116 valence electrons. The van der Waals surface area contributed by atoms with Crippen LogP contribution in [0.5, 0.6) is 5.75 Å². The first-order valence-corrected chi connectivity index (χ1v) is 8.04. The summed E-state index contributed by atoms with van der Waals surface area (Å²) in [5.74, 6) is -0.201. The maximum Gasteiger partial charge on any atom is 0.317 e. The number of aryl methyl sites for hydroxylation is 1. The number of carboxylic acids is 1. The zero-order valence-electron chi connectivity index (χ0n) is 12.4. The number of hydrogen-bond acceptors (Lipinski definition) is 3. The molecule has 2 aromatic carbocycles. The van der Waals surface area contributed by atoms with Crippen LogP contribution in [0.3, 0.4) is 0 Å². The van der Waals surface area contributed by atoms with Gasteiger partial charge in [0.05, 0.1) is 7.11 Å². The molecule has 0 aliphatic rings. The molecular formula is C17H17ClO3S. The van der Waals surface area contributed by atoms with Crippen molar-refractivity contribution < 1.29 is 14.6 Å². The smallest absolute Gasteiger partial charge is 0.317 e. The molecule has 0 heterocycles. The van der Waals surface area contributed by atoms with E-state index in [1.807, 2.05) is 31.2 Å². The quantitative estimate of drug-likeness (QED) is 0.792. The van der Waals surface area contributed by atoms with Crippen LogP contribution in [0, 0.1) is 6.92 Å². The summed E-state index contributed by atoms with van der Waals surface area (Å²) >= 11 is 7.33. The van der Waals surface area contributed by atoms with E-state index >= 15 is 0 Å². The number of carbonyl (C=O) groups is 1. The van der Waals surface area contributed by atoms with Crippen molar-refractivity contribution in [3.8, 4) is 5.75 Å². The zero-order chi connectivity index (χ0) is 16.1. The molecule has 0 saturated heterocycles. The Morgan fingerprint density at radius 2 is 1.95 bits per heavy atom. The van der Waals surface area contributed by atoms with Crippen LogP contribution >= 0.6 is 23.4 Å². The average Bonchev–Trinajstić information content (AvgIpc) is 2.49. The molecule has 1 N–H and O–H groups in total. The third-order valence-electron chi connectivity index (χ3n) is 3.22. The van der Waals surface area contributed by atoms with E-state index in [-0.39, 0.29) is 0 Å². The highest BCUT2D eigenvalue weighted by Gasteiger charge is 2.21. The Morgan fingerprint density at radius 1 is 1.27 bits per heavy atom. The molecule has 0 saturated carbocycles. The molecule has 0 bridgehead atoms. The molecule has 0 aliphatic heterocycles. The number of halogens is 1. The molecule has 1 unspecified atom stereocenters. The van der Waals surface area contributed by atoms with Crippen molar-refractivity contribution in [1.29, 1.82) is 0 Å². The lowest BCUT2D eigenvalue weighted by atomic mass is 10.1. The lowest BCUT2D eigenvalue weighted by Gasteiger charge is -2.15. The van der Waals surface area contributed by atoms with Gasteiger partial charge in [-0.05, 0) is 49.2 Å². The highest BCUT2D eigenvalue weighted by molar-refractivity contribution is 8.00. The fourth-order valence-corrected chi connectivity index (χ4v) is 3.25. The van der Waals surface area contributed by atoms with E-state index in [2.05, 4.69) is 0 Å². The van der Waals surface area contributed by atoms with Gasteiger partial charge >= 0.3 is 5.97 Å². The molecule has 1 atom stereocenters. The second-order valence-corrected chi connectivity index (χ2v) is 6.63. The van der Waals surface area contributed by atoms with Gasteiger partial charge in [0.25, 0.3) is 0 Å². The summed E-state index contributed by atoms with van der Waals surface area (Å²) in [7, 11) is 1.57. The Balaban J connectivity index is 2.20. The Kier molecular flexibility index (Phi) is 5.75. The van der Waals surface area contributed by atoms with Crippen molar-refractivity contribution in [1.82, 2.24) is 0 Å². The highest BCUT2D eigenvalue weighted by atomic mass is 35.5. The number of thioether (sulfide) groups is 1. The molecule has 3 nitrogen and oxygen atoms in total. The third kappa shape index (κ3) is 4.42. The van der Waals surface area contributed by atoms with Crippen LogP contribution in [0.25, 0.3) is 0 Å². The first-order valence-electron chi connectivity index (χ1n) is 6.78. The maximum absolute atomic E-state index is 11.6. The van der Waals surface area contributed by atoms with E-state index < -0.39 is 11.2 Å². The van der Waals surface area contributed by atoms with E-state index in [9.17, 15) is 9.90 Å². The average molecular weight is 337 g/mol. The number of aliphatic carboxylic acids is 1. The molecule has 0 amide bonds. The van der Waals surface area contributed by atoms with E-state index in [0.29, 0.717) is 17.2 Å². The molecule has 0 radical (unpaired) electrons. The highest BCUT2D eigenvalue weighted by Crippen LogP contribution is 2.30. The van der Waals surface area contributed by atoms with Gasteiger partial charge in [-0.25, -0.2) is 0 Å². The number of carboxylic acid groups (broad SMARTS) is 1. The Hall–Kier alpha value is -1.65. The lowest BCUT2D eigenvalue weighted by Crippen LogP contribution is -2.19. The molecule has 5 heteroatoms. The molecular weight excluding hydrogens is 320 g/mol. The second kappa shape index (κ2) is 7.56. The number of ether oxygens (including phenoxy) is 1. The van der Waals surface area contributed by atoms with Crippen LogP contribution in [0.4, 0.5) is 0 Å². The second-order valence-electron chi connectivity index (χ2n) is 4.92. The fraction of sp³-hybridized carbons (Fsp3) is 0.235. The van der Waals surface area contributed by atoms with Gasteiger partial charge in [-0.3, -0.25) is 4.79 Å². The monoisotopic (exact) mass is 336 g/mol. The molecule has 22 heavy (non-hydrogen) atoms. The van der Waals surface area contributed by atoms with Crippen LogP contribution in [0.2, 0.25) is 5.02 Å². The summed E-state index contributed by atoms with van der Waals surface area (Å²) in [6.07, 6.45) is 0.345. The standard InChI is InChI=1S/C17H17ClO3S/c1-11-3-6-14(7-4-11)22-16(17(19)20)10-12-9-13(18)5-8-15(12)21-2/h3-9,16H,10H2,1-2H3,(H,19,20). The summed E-state index contributed by atoms with van der Waals surface area (Å²) in [6.45, 7) is 2.00. The predicted molar refractivity (Wildman–Crippen MR) is 90.2 cm³/mol. The third-order valence-corrected chi connectivity index (χ3v) is 4.65. The summed E-state index contributed by atoms with van der Waals surface area (Å²) < 4.78 is 5.29. The van der Waals surface area contributed by atoms with E-state index in [1.165, 1.54) is 11.8 Å². The van der Waals surface area contributed by atoms with Gasteiger partial charge in [-0.2, -0.15) is 0 Å². The topological polar surface area (TPSA) is 46.5 Å². The minimum absolute atomic E-state index is 0.345. The van der Waals surface area contributed by atoms with Crippen LogP contribution in [0.1, 0.15) is 11.1 Å². The number of methoxy groups -OCH3 is 1. The van der Waals surface area contributed by atoms with Gasteiger partial charge in [0.15, 0.2) is 0 Å². The molecule has 0 fully saturated rings. The predicted octanol–water partition coefficient (Wildman–Crippen LogP) is 4.45. The zero-order valence-corrected chi connectivity index (χ0v) is 13.9.